The Kier molecular flexibility index (Phi) is 3.66. The van der Waals surface area contributed by atoms with Gasteiger partial charge in [0.2, 0.25) is 0 Å². The van der Waals surface area contributed by atoms with Crippen molar-refractivity contribution in [2.75, 3.05) is 11.6 Å². The Bertz CT molecular complexity index is 713. The summed E-state index contributed by atoms with van der Waals surface area (Å²) in [6.45, 7) is 0. The van der Waals surface area contributed by atoms with Crippen LogP contribution in [0.2, 0.25) is 0 Å². The predicted molar refractivity (Wildman–Crippen MR) is 82.5 cm³/mol. The largest absolute Gasteiger partial charge is 0.447 e. The second-order valence-corrected chi connectivity index (χ2v) is 5.58. The first-order valence-corrected chi connectivity index (χ1v) is 7.81. The highest BCUT2D eigenvalue weighted by Crippen LogP contribution is 2.48. The molecule has 2 aromatic rings. The number of carbonyl (C=O) groups excluding carboxylic acids is 1. The molecule has 114 valence electrons. The molecule has 1 aliphatic heterocycles. The molecule has 0 spiro atoms. The molecule has 1 aromatic heterocycles. The molecule has 2 atom stereocenters. The van der Waals surface area contributed by atoms with Gasteiger partial charge in [0.1, 0.15) is 16.8 Å². The first kappa shape index (κ1) is 14.6. The van der Waals surface area contributed by atoms with Crippen molar-refractivity contribution >= 4 is 23.4 Å². The SMILES string of the molecule is CSc1nccc2c1C(Nc1ccccc1)C(F)(C(N)=O)O2. The number of thioether (sulfide) groups is 1. The molecule has 7 heteroatoms. The molecule has 1 aliphatic rings. The monoisotopic (exact) mass is 319 g/mol. The maximum Gasteiger partial charge on any atom is 0.351 e. The molecule has 1 amide bonds. The van der Waals surface area contributed by atoms with Crippen molar-refractivity contribution in [3.8, 4) is 5.75 Å². The standard InChI is InChI=1S/C15H14FN3O2S/c1-22-13-11-10(7-8-18-13)21-15(16,14(17)20)12(11)19-9-5-3-2-4-6-9/h2-8,12,19H,1H3,(H2,17,20). The molecule has 0 saturated heterocycles. The van der Waals surface area contributed by atoms with Crippen LogP contribution in [0.4, 0.5) is 10.1 Å². The Labute approximate surface area is 131 Å². The first-order chi connectivity index (χ1) is 10.6. The van der Waals surface area contributed by atoms with E-state index < -0.39 is 17.8 Å². The van der Waals surface area contributed by atoms with E-state index in [4.69, 9.17) is 10.5 Å². The number of aromatic nitrogens is 1. The van der Waals surface area contributed by atoms with Crippen molar-refractivity contribution in [3.05, 3.63) is 48.2 Å². The second-order valence-electron chi connectivity index (χ2n) is 4.79. The van der Waals surface area contributed by atoms with Crippen LogP contribution in [0, 0.1) is 0 Å². The summed E-state index contributed by atoms with van der Waals surface area (Å²) in [5.41, 5.74) is 6.40. The van der Waals surface area contributed by atoms with Crippen molar-refractivity contribution in [2.45, 2.75) is 16.9 Å². The van der Waals surface area contributed by atoms with Crippen LogP contribution in [0.25, 0.3) is 0 Å². The fraction of sp³-hybridized carbons (Fsp3) is 0.200. The van der Waals surface area contributed by atoms with Gasteiger partial charge in [-0.3, -0.25) is 4.79 Å². The van der Waals surface area contributed by atoms with Gasteiger partial charge in [-0.1, -0.05) is 18.2 Å². The fourth-order valence-corrected chi connectivity index (χ4v) is 3.02. The van der Waals surface area contributed by atoms with E-state index in [1.807, 2.05) is 24.5 Å². The van der Waals surface area contributed by atoms with Gasteiger partial charge < -0.3 is 15.8 Å². The molecule has 3 N–H and O–H groups in total. The molecule has 1 aromatic carbocycles. The number of benzene rings is 1. The lowest BCUT2D eigenvalue weighted by Crippen LogP contribution is -2.48. The van der Waals surface area contributed by atoms with Crippen LogP contribution in [-0.4, -0.2) is 23.0 Å². The van der Waals surface area contributed by atoms with Gasteiger partial charge in [0, 0.05) is 11.9 Å². The van der Waals surface area contributed by atoms with Gasteiger partial charge in [0.05, 0.1) is 5.56 Å². The molecular weight excluding hydrogens is 305 g/mol. The number of ether oxygens (including phenoxy) is 1. The number of hydrogen-bond acceptors (Lipinski definition) is 5. The zero-order chi connectivity index (χ0) is 15.7. The van der Waals surface area contributed by atoms with E-state index >= 15 is 4.39 Å². The lowest BCUT2D eigenvalue weighted by atomic mass is 10.0. The number of nitrogens with two attached hydrogens (primary N) is 1. The van der Waals surface area contributed by atoms with Crippen LogP contribution < -0.4 is 15.8 Å². The number of nitrogens with zero attached hydrogens (tertiary/aromatic N) is 1. The van der Waals surface area contributed by atoms with Crippen molar-refractivity contribution in [1.82, 2.24) is 4.98 Å². The number of para-hydroxylation sites is 1. The smallest absolute Gasteiger partial charge is 0.351 e. The summed E-state index contributed by atoms with van der Waals surface area (Å²) >= 11 is 1.35. The predicted octanol–water partition coefficient (Wildman–Crippen LogP) is 2.50. The van der Waals surface area contributed by atoms with E-state index in [1.165, 1.54) is 24.0 Å². The number of fused-ring (bicyclic) bond motifs is 1. The van der Waals surface area contributed by atoms with E-state index in [9.17, 15) is 4.79 Å². The number of alkyl halides is 1. The summed E-state index contributed by atoms with van der Waals surface area (Å²) < 4.78 is 20.3. The Hall–Kier alpha value is -2.28. The topological polar surface area (TPSA) is 77.2 Å². The minimum Gasteiger partial charge on any atom is -0.447 e. The molecule has 0 fully saturated rings. The zero-order valence-electron chi connectivity index (χ0n) is 11.7. The van der Waals surface area contributed by atoms with E-state index in [-0.39, 0.29) is 5.75 Å². The minimum absolute atomic E-state index is 0.272. The molecule has 5 nitrogen and oxygen atoms in total. The third-order valence-electron chi connectivity index (χ3n) is 3.45. The van der Waals surface area contributed by atoms with E-state index in [0.717, 1.165) is 0 Å². The summed E-state index contributed by atoms with van der Waals surface area (Å²) in [6.07, 6.45) is 3.33. The highest BCUT2D eigenvalue weighted by molar-refractivity contribution is 7.98. The number of nitrogens with one attached hydrogen (secondary N) is 1. The van der Waals surface area contributed by atoms with E-state index in [1.54, 1.807) is 12.1 Å². The zero-order valence-corrected chi connectivity index (χ0v) is 12.6. The molecular formula is C15H14FN3O2S. The highest BCUT2D eigenvalue weighted by Gasteiger charge is 2.56. The second kappa shape index (κ2) is 5.49. The molecule has 3 rings (SSSR count). The van der Waals surface area contributed by atoms with Crippen molar-refractivity contribution in [3.63, 3.8) is 0 Å². The summed E-state index contributed by atoms with van der Waals surface area (Å²) in [5.74, 6) is -3.57. The fourth-order valence-electron chi connectivity index (χ4n) is 2.42. The van der Waals surface area contributed by atoms with Gasteiger partial charge in [-0.25, -0.2) is 4.98 Å². The Morgan fingerprint density at radius 1 is 1.41 bits per heavy atom. The third kappa shape index (κ3) is 2.27. The highest BCUT2D eigenvalue weighted by atomic mass is 32.2. The van der Waals surface area contributed by atoms with Crippen LogP contribution in [0.5, 0.6) is 5.75 Å². The quantitative estimate of drug-likeness (QED) is 0.847. The molecule has 0 aliphatic carbocycles. The normalized spacial score (nSPS) is 22.7. The van der Waals surface area contributed by atoms with Crippen LogP contribution in [0.1, 0.15) is 11.6 Å². The van der Waals surface area contributed by atoms with Gasteiger partial charge >= 0.3 is 5.85 Å². The summed E-state index contributed by atoms with van der Waals surface area (Å²) in [6, 6.07) is 9.47. The van der Waals surface area contributed by atoms with Crippen LogP contribution in [-0.2, 0) is 4.79 Å². The van der Waals surface area contributed by atoms with Gasteiger partial charge in [0.15, 0.2) is 0 Å². The average Bonchev–Trinajstić information content (AvgIpc) is 2.82. The lowest BCUT2D eigenvalue weighted by Gasteiger charge is -2.25. The summed E-state index contributed by atoms with van der Waals surface area (Å²) in [5, 5.41) is 3.58. The Morgan fingerprint density at radius 2 is 2.14 bits per heavy atom. The maximum absolute atomic E-state index is 15.1. The van der Waals surface area contributed by atoms with Crippen LogP contribution in [0.15, 0.2) is 47.6 Å². The number of hydrogen-bond donors (Lipinski definition) is 2. The molecule has 2 unspecified atom stereocenters. The molecule has 0 bridgehead atoms. The average molecular weight is 319 g/mol. The number of primary amides is 1. The minimum atomic E-state index is -2.66. The third-order valence-corrected chi connectivity index (χ3v) is 4.16. The summed E-state index contributed by atoms with van der Waals surface area (Å²) in [7, 11) is 0. The van der Waals surface area contributed by atoms with Crippen LogP contribution in [0.3, 0.4) is 0 Å². The number of pyridine rings is 1. The Balaban J connectivity index is 2.09. The van der Waals surface area contributed by atoms with Gasteiger partial charge in [0.25, 0.3) is 5.91 Å². The Morgan fingerprint density at radius 3 is 2.77 bits per heavy atom. The number of halogens is 1. The van der Waals surface area contributed by atoms with E-state index in [0.29, 0.717) is 16.3 Å². The number of amides is 1. The molecule has 22 heavy (non-hydrogen) atoms. The molecule has 0 saturated carbocycles. The van der Waals surface area contributed by atoms with Crippen molar-refractivity contribution in [1.29, 1.82) is 0 Å². The summed E-state index contributed by atoms with van der Waals surface area (Å²) in [4.78, 5) is 15.9. The van der Waals surface area contributed by atoms with Crippen LogP contribution >= 0.6 is 11.8 Å². The number of rotatable bonds is 4. The first-order valence-electron chi connectivity index (χ1n) is 6.58. The van der Waals surface area contributed by atoms with Gasteiger partial charge in [-0.05, 0) is 24.5 Å². The van der Waals surface area contributed by atoms with Crippen molar-refractivity contribution < 1.29 is 13.9 Å². The van der Waals surface area contributed by atoms with Crippen molar-refractivity contribution in [2.24, 2.45) is 5.73 Å². The lowest BCUT2D eigenvalue weighted by molar-refractivity contribution is -0.150. The van der Waals surface area contributed by atoms with E-state index in [2.05, 4.69) is 10.3 Å². The molecule has 2 heterocycles. The van der Waals surface area contributed by atoms with Gasteiger partial charge in [-0.2, -0.15) is 4.39 Å². The number of anilines is 1. The number of carbonyl (C=O) groups is 1. The van der Waals surface area contributed by atoms with Gasteiger partial charge in [-0.15, -0.1) is 11.8 Å². The molecule has 0 radical (unpaired) electrons. The maximum atomic E-state index is 15.1.